The summed E-state index contributed by atoms with van der Waals surface area (Å²) in [5, 5.41) is 17.7. The summed E-state index contributed by atoms with van der Waals surface area (Å²) < 4.78 is 5.09. The second kappa shape index (κ2) is 8.52. The lowest BCUT2D eigenvalue weighted by atomic mass is 10.2. The lowest BCUT2D eigenvalue weighted by Gasteiger charge is -2.05. The highest BCUT2D eigenvalue weighted by Gasteiger charge is 2.13. The van der Waals surface area contributed by atoms with Crippen LogP contribution in [0.4, 0.5) is 5.69 Å². The van der Waals surface area contributed by atoms with E-state index in [2.05, 4.69) is 10.3 Å². The van der Waals surface area contributed by atoms with Gasteiger partial charge in [0.05, 0.1) is 15.5 Å². The average Bonchev–Trinajstić information content (AvgIpc) is 3.35. The summed E-state index contributed by atoms with van der Waals surface area (Å²) in [6, 6.07) is 9.15. The number of nitrogens with one attached hydrogen (secondary N) is 1. The molecule has 27 heavy (non-hydrogen) atoms. The normalized spacial score (nSPS) is 10.4. The Morgan fingerprint density at radius 1 is 1.22 bits per heavy atom. The Morgan fingerprint density at radius 3 is 2.81 bits per heavy atom. The van der Waals surface area contributed by atoms with Crippen molar-refractivity contribution in [3.05, 3.63) is 68.5 Å². The maximum Gasteiger partial charge on any atom is 0.325 e. The third kappa shape index (κ3) is 4.96. The van der Waals surface area contributed by atoms with Crippen LogP contribution in [-0.4, -0.2) is 28.3 Å². The molecule has 0 saturated heterocycles. The largest absolute Gasteiger partial charge is 0.458 e. The molecule has 0 fully saturated rings. The molecule has 1 N–H and O–H groups in total. The predicted molar refractivity (Wildman–Crippen MR) is 101 cm³/mol. The van der Waals surface area contributed by atoms with E-state index in [1.54, 1.807) is 11.3 Å². The Kier molecular flexibility index (Phi) is 5.89. The molecule has 0 saturated carbocycles. The maximum atomic E-state index is 12.0. The van der Waals surface area contributed by atoms with Crippen LogP contribution in [0.3, 0.4) is 0 Å². The summed E-state index contributed by atoms with van der Waals surface area (Å²) in [4.78, 5) is 39.4. The second-order valence-electron chi connectivity index (χ2n) is 5.27. The predicted octanol–water partition coefficient (Wildman–Crippen LogP) is 3.25. The van der Waals surface area contributed by atoms with Gasteiger partial charge in [-0.15, -0.1) is 22.7 Å². The summed E-state index contributed by atoms with van der Waals surface area (Å²) in [6.07, 6.45) is 0. The van der Waals surface area contributed by atoms with Gasteiger partial charge in [0.15, 0.2) is 0 Å². The van der Waals surface area contributed by atoms with Crippen LogP contribution >= 0.6 is 22.7 Å². The van der Waals surface area contributed by atoms with Crippen LogP contribution < -0.4 is 5.32 Å². The number of esters is 1. The number of thiophene rings is 1. The van der Waals surface area contributed by atoms with E-state index in [9.17, 15) is 19.7 Å². The van der Waals surface area contributed by atoms with Crippen molar-refractivity contribution in [3.8, 4) is 9.88 Å². The standard InChI is InChI=1S/C17H13N3O5S2/c21-15(8-18-16(22)11-3-1-4-13(7-11)20(23)24)25-9-12-10-27-17(19-12)14-5-2-6-26-14/h1-7,10H,8-9H2,(H,18,22). The fraction of sp³-hybridized carbons (Fsp3) is 0.118. The summed E-state index contributed by atoms with van der Waals surface area (Å²) in [7, 11) is 0. The Bertz CT molecular complexity index is 969. The van der Waals surface area contributed by atoms with Crippen molar-refractivity contribution >= 4 is 40.2 Å². The minimum absolute atomic E-state index is 0.00733. The van der Waals surface area contributed by atoms with E-state index in [1.165, 1.54) is 29.5 Å². The van der Waals surface area contributed by atoms with Gasteiger partial charge in [0.2, 0.25) is 0 Å². The van der Waals surface area contributed by atoms with Crippen molar-refractivity contribution in [2.75, 3.05) is 6.54 Å². The topological polar surface area (TPSA) is 111 Å². The molecular weight excluding hydrogens is 390 g/mol. The van der Waals surface area contributed by atoms with Gasteiger partial charge in [0.25, 0.3) is 11.6 Å². The molecule has 1 aromatic carbocycles. The van der Waals surface area contributed by atoms with Gasteiger partial charge in [-0.3, -0.25) is 19.7 Å². The minimum atomic E-state index is -0.626. The van der Waals surface area contributed by atoms with Gasteiger partial charge in [-0.25, -0.2) is 4.98 Å². The van der Waals surface area contributed by atoms with Gasteiger partial charge in [0, 0.05) is 23.1 Å². The van der Waals surface area contributed by atoms with Gasteiger partial charge in [-0.2, -0.15) is 0 Å². The zero-order chi connectivity index (χ0) is 19.2. The number of thiazole rings is 1. The number of nitro groups is 1. The lowest BCUT2D eigenvalue weighted by Crippen LogP contribution is -2.30. The quantitative estimate of drug-likeness (QED) is 0.368. The number of aromatic nitrogens is 1. The van der Waals surface area contributed by atoms with E-state index < -0.39 is 16.8 Å². The zero-order valence-corrected chi connectivity index (χ0v) is 15.4. The number of amides is 1. The smallest absolute Gasteiger partial charge is 0.325 e. The molecule has 0 aliphatic carbocycles. The van der Waals surface area contributed by atoms with Crippen molar-refractivity contribution in [2.24, 2.45) is 0 Å². The molecule has 8 nitrogen and oxygen atoms in total. The number of ether oxygens (including phenoxy) is 1. The van der Waals surface area contributed by atoms with Gasteiger partial charge >= 0.3 is 5.97 Å². The number of carbonyl (C=O) groups excluding carboxylic acids is 2. The summed E-state index contributed by atoms with van der Waals surface area (Å²) in [6.45, 7) is -0.336. The monoisotopic (exact) mass is 403 g/mol. The van der Waals surface area contributed by atoms with Gasteiger partial charge < -0.3 is 10.1 Å². The number of hydrogen-bond donors (Lipinski definition) is 1. The van der Waals surface area contributed by atoms with Crippen LogP contribution in [0.25, 0.3) is 9.88 Å². The number of carbonyl (C=O) groups is 2. The fourth-order valence-corrected chi connectivity index (χ4v) is 3.73. The van der Waals surface area contributed by atoms with E-state index in [4.69, 9.17) is 4.74 Å². The lowest BCUT2D eigenvalue weighted by molar-refractivity contribution is -0.384. The van der Waals surface area contributed by atoms with Crippen molar-refractivity contribution in [3.63, 3.8) is 0 Å². The maximum absolute atomic E-state index is 12.0. The minimum Gasteiger partial charge on any atom is -0.458 e. The number of non-ortho nitro benzene ring substituents is 1. The first-order valence-electron chi connectivity index (χ1n) is 7.69. The summed E-state index contributed by atoms with van der Waals surface area (Å²) in [5.74, 6) is -1.22. The molecule has 1 amide bonds. The van der Waals surface area contributed by atoms with Crippen molar-refractivity contribution in [1.29, 1.82) is 0 Å². The highest BCUT2D eigenvalue weighted by atomic mass is 32.1. The first-order valence-corrected chi connectivity index (χ1v) is 9.45. The zero-order valence-electron chi connectivity index (χ0n) is 13.8. The van der Waals surface area contributed by atoms with Gasteiger partial charge in [-0.05, 0) is 17.5 Å². The van der Waals surface area contributed by atoms with Crippen molar-refractivity contribution in [2.45, 2.75) is 6.61 Å². The number of nitrogens with zero attached hydrogens (tertiary/aromatic N) is 2. The molecule has 0 atom stereocenters. The Morgan fingerprint density at radius 2 is 2.07 bits per heavy atom. The highest BCUT2D eigenvalue weighted by Crippen LogP contribution is 2.27. The molecule has 0 aliphatic rings. The van der Waals surface area contributed by atoms with E-state index in [-0.39, 0.29) is 24.4 Å². The second-order valence-corrected chi connectivity index (χ2v) is 7.08. The number of hydrogen-bond acceptors (Lipinski definition) is 8. The summed E-state index contributed by atoms with van der Waals surface area (Å²) in [5.41, 5.74) is 0.522. The van der Waals surface area contributed by atoms with Crippen LogP contribution in [0.5, 0.6) is 0 Å². The molecule has 0 radical (unpaired) electrons. The molecule has 2 heterocycles. The van der Waals surface area contributed by atoms with Gasteiger partial charge in [0.1, 0.15) is 18.2 Å². The molecule has 0 aliphatic heterocycles. The molecule has 2 aromatic heterocycles. The molecule has 3 rings (SSSR count). The average molecular weight is 403 g/mol. The Labute approximate surface area is 161 Å². The third-order valence-electron chi connectivity index (χ3n) is 3.38. The molecular formula is C17H13N3O5S2. The van der Waals surface area contributed by atoms with Crippen LogP contribution in [0.2, 0.25) is 0 Å². The molecule has 0 bridgehead atoms. The SMILES string of the molecule is O=C(CNC(=O)c1cccc([N+](=O)[O-])c1)OCc1csc(-c2cccs2)n1. The number of rotatable bonds is 7. The van der Waals surface area contributed by atoms with E-state index in [0.29, 0.717) is 5.69 Å². The first-order chi connectivity index (χ1) is 13.0. The number of nitro benzene ring substituents is 1. The van der Waals surface area contributed by atoms with E-state index in [1.807, 2.05) is 22.9 Å². The van der Waals surface area contributed by atoms with E-state index in [0.717, 1.165) is 16.0 Å². The molecule has 3 aromatic rings. The van der Waals surface area contributed by atoms with Crippen LogP contribution in [-0.2, 0) is 16.1 Å². The number of benzene rings is 1. The molecule has 138 valence electrons. The Balaban J connectivity index is 1.48. The molecule has 10 heteroatoms. The first kappa shape index (κ1) is 18.7. The molecule has 0 spiro atoms. The third-order valence-corrected chi connectivity index (χ3v) is 5.31. The van der Waals surface area contributed by atoms with Crippen molar-refractivity contribution in [1.82, 2.24) is 10.3 Å². The Hall–Kier alpha value is -3.11. The molecule has 0 unspecified atom stereocenters. The summed E-state index contributed by atoms with van der Waals surface area (Å²) >= 11 is 3.04. The van der Waals surface area contributed by atoms with Crippen LogP contribution in [0.15, 0.2) is 47.2 Å². The van der Waals surface area contributed by atoms with Gasteiger partial charge in [-0.1, -0.05) is 12.1 Å². The highest BCUT2D eigenvalue weighted by molar-refractivity contribution is 7.20. The van der Waals surface area contributed by atoms with Crippen LogP contribution in [0.1, 0.15) is 16.1 Å². The van der Waals surface area contributed by atoms with Crippen LogP contribution in [0, 0.1) is 10.1 Å². The fourth-order valence-electron chi connectivity index (χ4n) is 2.11. The van der Waals surface area contributed by atoms with E-state index >= 15 is 0 Å². The van der Waals surface area contributed by atoms with Crippen molar-refractivity contribution < 1.29 is 19.2 Å².